The van der Waals surface area contributed by atoms with Gasteiger partial charge in [-0.3, -0.25) is 9.69 Å². The highest BCUT2D eigenvalue weighted by Crippen LogP contribution is 2.26. The molecule has 0 spiro atoms. The summed E-state index contributed by atoms with van der Waals surface area (Å²) in [6, 6.07) is 23.7. The third-order valence-electron chi connectivity index (χ3n) is 6.65. The smallest absolute Gasteiger partial charge is 0.226 e. The number of piperidine rings is 1. The van der Waals surface area contributed by atoms with Crippen LogP contribution in [0.2, 0.25) is 0 Å². The van der Waals surface area contributed by atoms with E-state index < -0.39 is 0 Å². The van der Waals surface area contributed by atoms with Gasteiger partial charge in [0.25, 0.3) is 0 Å². The second-order valence-corrected chi connectivity index (χ2v) is 8.47. The van der Waals surface area contributed by atoms with Crippen LogP contribution in [0.5, 0.6) is 0 Å². The first-order chi connectivity index (χ1) is 14.3. The van der Waals surface area contributed by atoms with Gasteiger partial charge in [0.1, 0.15) is 0 Å². The maximum Gasteiger partial charge on any atom is 0.226 e. The summed E-state index contributed by atoms with van der Waals surface area (Å²) in [5.74, 6) is 0.549. The molecule has 148 valence electrons. The molecule has 0 N–H and O–H groups in total. The summed E-state index contributed by atoms with van der Waals surface area (Å²) in [6.45, 7) is 4.63. The van der Waals surface area contributed by atoms with E-state index in [-0.39, 0.29) is 5.92 Å². The number of carbonyl (C=O) groups is 1. The minimum absolute atomic E-state index is 0.184. The van der Waals surface area contributed by atoms with Gasteiger partial charge in [-0.1, -0.05) is 66.7 Å². The zero-order chi connectivity index (χ0) is 19.6. The number of fused-ring (bicyclic) bond motifs is 2. The van der Waals surface area contributed by atoms with Crippen molar-refractivity contribution in [2.24, 2.45) is 5.92 Å². The van der Waals surface area contributed by atoms with Crippen molar-refractivity contribution in [2.75, 3.05) is 19.6 Å². The fraction of sp³-hybridized carbons (Fsp3) is 0.346. The van der Waals surface area contributed by atoms with Gasteiger partial charge in [-0.25, -0.2) is 0 Å². The largest absolute Gasteiger partial charge is 0.338 e. The molecule has 0 bridgehead atoms. The lowest BCUT2D eigenvalue weighted by atomic mass is 9.92. The zero-order valence-electron chi connectivity index (χ0n) is 16.9. The molecule has 2 aliphatic rings. The highest BCUT2D eigenvalue weighted by atomic mass is 16.2. The maximum absolute atomic E-state index is 13.1. The van der Waals surface area contributed by atoms with Crippen LogP contribution in [0.15, 0.2) is 66.7 Å². The number of carbonyl (C=O) groups excluding carboxylic acids is 1. The molecule has 3 aromatic carbocycles. The van der Waals surface area contributed by atoms with Gasteiger partial charge >= 0.3 is 0 Å². The Hall–Kier alpha value is -2.65. The van der Waals surface area contributed by atoms with Gasteiger partial charge in [-0.15, -0.1) is 0 Å². The summed E-state index contributed by atoms with van der Waals surface area (Å²) in [5, 5.41) is 2.65. The standard InChI is InChI=1S/C26H28N2O/c29-26(28-17-14-20-6-1-2-8-23(20)19-28)22-12-15-27(16-13-22)18-24-10-5-9-21-7-3-4-11-25(21)24/h1-11,22H,12-19H2. The summed E-state index contributed by atoms with van der Waals surface area (Å²) in [7, 11) is 0. The highest BCUT2D eigenvalue weighted by Gasteiger charge is 2.30. The van der Waals surface area contributed by atoms with E-state index in [2.05, 4.69) is 76.5 Å². The molecule has 0 aliphatic carbocycles. The lowest BCUT2D eigenvalue weighted by molar-refractivity contribution is -0.138. The van der Waals surface area contributed by atoms with Crippen LogP contribution < -0.4 is 0 Å². The average Bonchev–Trinajstić information content (AvgIpc) is 2.79. The minimum atomic E-state index is 0.184. The first-order valence-electron chi connectivity index (χ1n) is 10.8. The maximum atomic E-state index is 13.1. The van der Waals surface area contributed by atoms with Crippen LogP contribution in [0.4, 0.5) is 0 Å². The predicted molar refractivity (Wildman–Crippen MR) is 118 cm³/mol. The van der Waals surface area contributed by atoms with Crippen molar-refractivity contribution < 1.29 is 4.79 Å². The molecule has 3 nitrogen and oxygen atoms in total. The number of hydrogen-bond donors (Lipinski definition) is 0. The van der Waals surface area contributed by atoms with Crippen molar-refractivity contribution in [1.82, 2.24) is 9.80 Å². The fourth-order valence-electron chi connectivity index (χ4n) is 4.95. The molecule has 1 fully saturated rings. The van der Waals surface area contributed by atoms with E-state index in [0.29, 0.717) is 5.91 Å². The van der Waals surface area contributed by atoms with Gasteiger partial charge in [0.2, 0.25) is 5.91 Å². The number of likely N-dealkylation sites (tertiary alicyclic amines) is 1. The Labute approximate surface area is 172 Å². The van der Waals surface area contributed by atoms with E-state index in [1.165, 1.54) is 27.5 Å². The Morgan fingerprint density at radius 1 is 0.828 bits per heavy atom. The molecule has 0 saturated carbocycles. The zero-order valence-corrected chi connectivity index (χ0v) is 16.9. The van der Waals surface area contributed by atoms with E-state index in [4.69, 9.17) is 0 Å². The first kappa shape index (κ1) is 18.4. The van der Waals surface area contributed by atoms with Crippen molar-refractivity contribution in [1.29, 1.82) is 0 Å². The van der Waals surface area contributed by atoms with E-state index >= 15 is 0 Å². The van der Waals surface area contributed by atoms with Crippen LogP contribution in [-0.2, 0) is 24.3 Å². The van der Waals surface area contributed by atoms with Gasteiger partial charge in [0, 0.05) is 25.6 Å². The lowest BCUT2D eigenvalue weighted by Crippen LogP contribution is -2.44. The van der Waals surface area contributed by atoms with E-state index in [1.807, 2.05) is 0 Å². The molecule has 0 radical (unpaired) electrons. The molecule has 29 heavy (non-hydrogen) atoms. The van der Waals surface area contributed by atoms with Gasteiger partial charge in [0.15, 0.2) is 0 Å². The molecule has 5 rings (SSSR count). The SMILES string of the molecule is O=C(C1CCN(Cc2cccc3ccccc23)CC1)N1CCc2ccccc2C1. The summed E-state index contributed by atoms with van der Waals surface area (Å²) >= 11 is 0. The number of amides is 1. The number of nitrogens with zero attached hydrogens (tertiary/aromatic N) is 2. The number of rotatable bonds is 3. The first-order valence-corrected chi connectivity index (χ1v) is 10.8. The predicted octanol–water partition coefficient (Wildman–Crippen LogP) is 4.64. The van der Waals surface area contributed by atoms with Gasteiger partial charge < -0.3 is 4.90 Å². The molecular weight excluding hydrogens is 356 g/mol. The van der Waals surface area contributed by atoms with Crippen LogP contribution in [0.1, 0.15) is 29.5 Å². The van der Waals surface area contributed by atoms with Crippen LogP contribution >= 0.6 is 0 Å². The summed E-state index contributed by atoms with van der Waals surface area (Å²) in [5.41, 5.74) is 4.11. The fourth-order valence-corrected chi connectivity index (χ4v) is 4.95. The third-order valence-corrected chi connectivity index (χ3v) is 6.65. The Balaban J connectivity index is 1.20. The molecule has 3 aromatic rings. The van der Waals surface area contributed by atoms with Gasteiger partial charge in [-0.2, -0.15) is 0 Å². The second kappa shape index (κ2) is 8.00. The molecule has 2 heterocycles. The second-order valence-electron chi connectivity index (χ2n) is 8.47. The monoisotopic (exact) mass is 384 g/mol. The number of benzene rings is 3. The van der Waals surface area contributed by atoms with Gasteiger partial charge in [0.05, 0.1) is 0 Å². The normalized spacial score (nSPS) is 18.0. The Morgan fingerprint density at radius 3 is 2.41 bits per heavy atom. The molecule has 2 aliphatic heterocycles. The van der Waals surface area contributed by atoms with Crippen LogP contribution in [0.3, 0.4) is 0 Å². The van der Waals surface area contributed by atoms with Crippen molar-refractivity contribution in [3.63, 3.8) is 0 Å². The van der Waals surface area contributed by atoms with Gasteiger partial charge in [-0.05, 0) is 59.8 Å². The van der Waals surface area contributed by atoms with E-state index in [9.17, 15) is 4.79 Å². The molecule has 0 aromatic heterocycles. The van der Waals surface area contributed by atoms with Crippen molar-refractivity contribution in [3.8, 4) is 0 Å². The van der Waals surface area contributed by atoms with Crippen molar-refractivity contribution in [2.45, 2.75) is 32.4 Å². The molecule has 1 saturated heterocycles. The molecule has 3 heteroatoms. The summed E-state index contributed by atoms with van der Waals surface area (Å²) < 4.78 is 0. The molecular formula is C26H28N2O. The number of hydrogen-bond acceptors (Lipinski definition) is 2. The minimum Gasteiger partial charge on any atom is -0.338 e. The quantitative estimate of drug-likeness (QED) is 0.657. The average molecular weight is 385 g/mol. The van der Waals surface area contributed by atoms with Crippen LogP contribution in [0.25, 0.3) is 10.8 Å². The van der Waals surface area contributed by atoms with E-state index in [0.717, 1.165) is 52.0 Å². The summed E-state index contributed by atoms with van der Waals surface area (Å²) in [4.78, 5) is 17.7. The molecule has 0 unspecified atom stereocenters. The highest BCUT2D eigenvalue weighted by molar-refractivity contribution is 5.85. The van der Waals surface area contributed by atoms with Crippen LogP contribution in [-0.4, -0.2) is 35.3 Å². The van der Waals surface area contributed by atoms with E-state index in [1.54, 1.807) is 0 Å². The molecule has 1 amide bonds. The van der Waals surface area contributed by atoms with Crippen molar-refractivity contribution in [3.05, 3.63) is 83.4 Å². The topological polar surface area (TPSA) is 23.6 Å². The lowest BCUT2D eigenvalue weighted by Gasteiger charge is -2.36. The Bertz CT molecular complexity index is 1010. The molecule has 0 atom stereocenters. The summed E-state index contributed by atoms with van der Waals surface area (Å²) in [6.07, 6.45) is 2.94. The third kappa shape index (κ3) is 3.79. The van der Waals surface area contributed by atoms with Crippen LogP contribution in [0, 0.1) is 5.92 Å². The Kier molecular flexibility index (Phi) is 5.07. The van der Waals surface area contributed by atoms with Crippen molar-refractivity contribution >= 4 is 16.7 Å². The Morgan fingerprint density at radius 2 is 1.55 bits per heavy atom.